The second kappa shape index (κ2) is 7.02. The van der Waals surface area contributed by atoms with Gasteiger partial charge >= 0.3 is 0 Å². The zero-order valence-corrected chi connectivity index (χ0v) is 14.3. The Bertz CT molecular complexity index is 452. The van der Waals surface area contributed by atoms with Crippen LogP contribution in [0.3, 0.4) is 0 Å². The highest BCUT2D eigenvalue weighted by atomic mass is 35.5. The number of likely N-dealkylation sites (tertiary alicyclic amines) is 1. The lowest BCUT2D eigenvalue weighted by Crippen LogP contribution is -2.47. The summed E-state index contributed by atoms with van der Waals surface area (Å²) in [6, 6.07) is 7.23. The van der Waals surface area contributed by atoms with E-state index in [0.29, 0.717) is 6.04 Å². The first-order valence-corrected chi connectivity index (χ1v) is 8.06. The quantitative estimate of drug-likeness (QED) is 0.820. The van der Waals surface area contributed by atoms with Crippen LogP contribution in [0.2, 0.25) is 0 Å². The standard InChI is InChI=1S/C18H27NO.ClH/c1-13-9-14(2)12-19(11-13)16-8-7-15-5-4-6-18(20-3)17(15)10-16;/h4-6,13-14,16H,7-12H2,1-3H3;1H/t13-,14-,16?;/m0./s1. The highest BCUT2D eigenvalue weighted by Gasteiger charge is 2.30. The summed E-state index contributed by atoms with van der Waals surface area (Å²) in [7, 11) is 1.80. The second-order valence-corrected chi connectivity index (χ2v) is 6.89. The van der Waals surface area contributed by atoms with Crippen LogP contribution in [-0.2, 0) is 12.8 Å². The molecule has 0 radical (unpaired) electrons. The molecular formula is C18H28ClNO. The Labute approximate surface area is 135 Å². The van der Waals surface area contributed by atoms with Crippen LogP contribution >= 0.6 is 12.4 Å². The first-order valence-electron chi connectivity index (χ1n) is 8.06. The zero-order chi connectivity index (χ0) is 14.1. The van der Waals surface area contributed by atoms with Gasteiger partial charge in [0, 0.05) is 19.1 Å². The van der Waals surface area contributed by atoms with Crippen molar-refractivity contribution < 1.29 is 4.74 Å². The lowest BCUT2D eigenvalue weighted by atomic mass is 9.84. The number of benzene rings is 1. The number of fused-ring (bicyclic) bond motifs is 1. The minimum Gasteiger partial charge on any atom is -0.496 e. The third-order valence-electron chi connectivity index (χ3n) is 5.05. The fraction of sp³-hybridized carbons (Fsp3) is 0.667. The lowest BCUT2D eigenvalue weighted by molar-refractivity contribution is 0.0875. The number of hydrogen-bond acceptors (Lipinski definition) is 2. The van der Waals surface area contributed by atoms with Crippen molar-refractivity contribution >= 4 is 12.4 Å². The van der Waals surface area contributed by atoms with E-state index in [9.17, 15) is 0 Å². The average molecular weight is 310 g/mol. The van der Waals surface area contributed by atoms with Crippen LogP contribution < -0.4 is 4.74 Å². The largest absolute Gasteiger partial charge is 0.496 e. The van der Waals surface area contributed by atoms with Crippen LogP contribution in [-0.4, -0.2) is 31.1 Å². The Morgan fingerprint density at radius 1 is 1.14 bits per heavy atom. The number of nitrogens with zero attached hydrogens (tertiary/aromatic N) is 1. The van der Waals surface area contributed by atoms with E-state index in [-0.39, 0.29) is 12.4 Å². The SMILES string of the molecule is COc1cccc2c1CC(N1C[C@@H](C)C[C@H](C)C1)CC2.Cl. The summed E-state index contributed by atoms with van der Waals surface area (Å²) in [4.78, 5) is 2.74. The number of ether oxygens (including phenoxy) is 1. The summed E-state index contributed by atoms with van der Waals surface area (Å²) in [5, 5.41) is 0. The topological polar surface area (TPSA) is 12.5 Å². The van der Waals surface area contributed by atoms with E-state index in [1.54, 1.807) is 7.11 Å². The summed E-state index contributed by atoms with van der Waals surface area (Å²) in [6.07, 6.45) is 5.07. The monoisotopic (exact) mass is 309 g/mol. The highest BCUT2D eigenvalue weighted by Crippen LogP contribution is 2.33. The van der Waals surface area contributed by atoms with Crippen LogP contribution in [0.1, 0.15) is 37.8 Å². The third-order valence-corrected chi connectivity index (χ3v) is 5.05. The van der Waals surface area contributed by atoms with E-state index in [1.165, 1.54) is 49.9 Å². The molecule has 3 atom stereocenters. The maximum Gasteiger partial charge on any atom is 0.122 e. The molecule has 1 saturated heterocycles. The Kier molecular flexibility index (Phi) is 5.56. The molecule has 2 aliphatic rings. The van der Waals surface area contributed by atoms with Gasteiger partial charge in [0.05, 0.1) is 7.11 Å². The molecule has 1 unspecified atom stereocenters. The molecule has 2 nitrogen and oxygen atoms in total. The number of hydrogen-bond donors (Lipinski definition) is 0. The summed E-state index contributed by atoms with van der Waals surface area (Å²) in [5.41, 5.74) is 2.95. The van der Waals surface area contributed by atoms with E-state index >= 15 is 0 Å². The molecule has 0 bridgehead atoms. The number of methoxy groups -OCH3 is 1. The Hall–Kier alpha value is -0.730. The summed E-state index contributed by atoms with van der Waals surface area (Å²) in [5.74, 6) is 2.78. The molecule has 1 aromatic rings. The van der Waals surface area contributed by atoms with Gasteiger partial charge in [0.1, 0.15) is 5.75 Å². The van der Waals surface area contributed by atoms with Crippen molar-refractivity contribution in [3.63, 3.8) is 0 Å². The van der Waals surface area contributed by atoms with Crippen molar-refractivity contribution in [3.05, 3.63) is 29.3 Å². The molecule has 1 aliphatic heterocycles. The molecule has 1 fully saturated rings. The lowest BCUT2D eigenvalue weighted by Gasteiger charge is -2.42. The van der Waals surface area contributed by atoms with Crippen molar-refractivity contribution in [2.24, 2.45) is 11.8 Å². The van der Waals surface area contributed by atoms with Gasteiger partial charge in [-0.2, -0.15) is 0 Å². The van der Waals surface area contributed by atoms with Gasteiger partial charge in [-0.25, -0.2) is 0 Å². The molecule has 0 saturated carbocycles. The first kappa shape index (κ1) is 16.6. The van der Waals surface area contributed by atoms with Gasteiger partial charge in [-0.05, 0) is 54.7 Å². The van der Waals surface area contributed by atoms with E-state index in [2.05, 4.69) is 36.9 Å². The highest BCUT2D eigenvalue weighted by molar-refractivity contribution is 5.85. The van der Waals surface area contributed by atoms with Gasteiger partial charge in [0.15, 0.2) is 0 Å². The smallest absolute Gasteiger partial charge is 0.122 e. The van der Waals surface area contributed by atoms with Crippen molar-refractivity contribution in [3.8, 4) is 5.75 Å². The Morgan fingerprint density at radius 2 is 1.86 bits per heavy atom. The van der Waals surface area contributed by atoms with Gasteiger partial charge in [0.25, 0.3) is 0 Å². The maximum atomic E-state index is 5.57. The minimum atomic E-state index is 0. The van der Waals surface area contributed by atoms with Gasteiger partial charge in [-0.1, -0.05) is 26.0 Å². The van der Waals surface area contributed by atoms with Crippen molar-refractivity contribution in [2.75, 3.05) is 20.2 Å². The molecule has 1 aromatic carbocycles. The summed E-state index contributed by atoms with van der Waals surface area (Å²) < 4.78 is 5.57. The molecule has 118 valence electrons. The average Bonchev–Trinajstić information content (AvgIpc) is 2.45. The van der Waals surface area contributed by atoms with Crippen LogP contribution in [0.15, 0.2) is 18.2 Å². The van der Waals surface area contributed by atoms with Gasteiger partial charge in [-0.15, -0.1) is 12.4 Å². The molecule has 0 aromatic heterocycles. The zero-order valence-electron chi connectivity index (χ0n) is 13.5. The molecule has 3 heteroatoms. The molecule has 1 heterocycles. The molecule has 0 spiro atoms. The maximum absolute atomic E-state index is 5.57. The molecule has 0 N–H and O–H groups in total. The Balaban J connectivity index is 0.00000161. The number of piperidine rings is 1. The van der Waals surface area contributed by atoms with Crippen molar-refractivity contribution in [2.45, 2.75) is 45.6 Å². The van der Waals surface area contributed by atoms with Crippen molar-refractivity contribution in [1.29, 1.82) is 0 Å². The van der Waals surface area contributed by atoms with Crippen LogP contribution in [0.4, 0.5) is 0 Å². The normalized spacial score (nSPS) is 29.4. The molecule has 21 heavy (non-hydrogen) atoms. The van der Waals surface area contributed by atoms with E-state index in [1.807, 2.05) is 0 Å². The minimum absolute atomic E-state index is 0. The molecule has 0 amide bonds. The van der Waals surface area contributed by atoms with E-state index in [4.69, 9.17) is 4.74 Å². The van der Waals surface area contributed by atoms with Gasteiger partial charge < -0.3 is 4.74 Å². The van der Waals surface area contributed by atoms with Crippen LogP contribution in [0.5, 0.6) is 5.75 Å². The van der Waals surface area contributed by atoms with Crippen LogP contribution in [0.25, 0.3) is 0 Å². The third kappa shape index (κ3) is 3.54. The van der Waals surface area contributed by atoms with Crippen LogP contribution in [0, 0.1) is 11.8 Å². The predicted octanol–water partition coefficient (Wildman–Crippen LogP) is 3.95. The number of halogens is 1. The summed E-state index contributed by atoms with van der Waals surface area (Å²) in [6.45, 7) is 7.36. The first-order chi connectivity index (χ1) is 9.67. The molecule has 3 rings (SSSR count). The summed E-state index contributed by atoms with van der Waals surface area (Å²) >= 11 is 0. The van der Waals surface area contributed by atoms with Gasteiger partial charge in [-0.3, -0.25) is 4.90 Å². The van der Waals surface area contributed by atoms with E-state index in [0.717, 1.165) is 17.6 Å². The Morgan fingerprint density at radius 3 is 2.52 bits per heavy atom. The molecule has 1 aliphatic carbocycles. The number of rotatable bonds is 2. The fourth-order valence-corrected chi connectivity index (χ4v) is 4.25. The second-order valence-electron chi connectivity index (χ2n) is 6.89. The molecular weight excluding hydrogens is 282 g/mol. The number of aryl methyl sites for hydroxylation is 1. The van der Waals surface area contributed by atoms with Gasteiger partial charge in [0.2, 0.25) is 0 Å². The van der Waals surface area contributed by atoms with Crippen molar-refractivity contribution in [1.82, 2.24) is 4.90 Å². The fourth-order valence-electron chi connectivity index (χ4n) is 4.25. The predicted molar refractivity (Wildman–Crippen MR) is 90.6 cm³/mol. The van der Waals surface area contributed by atoms with E-state index < -0.39 is 0 Å².